The van der Waals surface area contributed by atoms with Crippen LogP contribution in [-0.4, -0.2) is 34.9 Å². The Morgan fingerprint density at radius 1 is 1.17 bits per heavy atom. The molecule has 0 aromatic heterocycles. The van der Waals surface area contributed by atoms with E-state index in [0.29, 0.717) is 20.9 Å². The van der Waals surface area contributed by atoms with Crippen molar-refractivity contribution in [3.8, 4) is 0 Å². The van der Waals surface area contributed by atoms with E-state index in [1.807, 2.05) is 43.3 Å². The third kappa shape index (κ3) is 4.94. The standard InChI is InChI=1S/C22H24ClN3OS2/c1-4-25(5-2)17-11-9-16(10-12-17)13-20-21(27)26(22(28)29-20)14-24-19-8-6-7-18(23)15(19)3/h6-13,24H,4-5,14H2,1-3H3/b20-13+. The second-order valence-corrected chi connectivity index (χ2v) is 8.70. The Balaban J connectivity index is 1.70. The highest BCUT2D eigenvalue weighted by atomic mass is 35.5. The Labute approximate surface area is 186 Å². The van der Waals surface area contributed by atoms with Gasteiger partial charge in [-0.2, -0.15) is 0 Å². The van der Waals surface area contributed by atoms with E-state index in [4.69, 9.17) is 23.8 Å². The van der Waals surface area contributed by atoms with Crippen molar-refractivity contribution in [1.82, 2.24) is 4.90 Å². The highest BCUT2D eigenvalue weighted by molar-refractivity contribution is 8.26. The minimum atomic E-state index is -0.0833. The lowest BCUT2D eigenvalue weighted by atomic mass is 10.1. The van der Waals surface area contributed by atoms with E-state index >= 15 is 0 Å². The van der Waals surface area contributed by atoms with Crippen molar-refractivity contribution in [3.63, 3.8) is 0 Å². The molecule has 3 rings (SSSR count). The number of nitrogens with zero attached hydrogens (tertiary/aromatic N) is 2. The maximum absolute atomic E-state index is 12.8. The van der Waals surface area contributed by atoms with Gasteiger partial charge in [0.2, 0.25) is 0 Å². The number of thioether (sulfide) groups is 1. The number of anilines is 2. The van der Waals surface area contributed by atoms with Gasteiger partial charge >= 0.3 is 0 Å². The Morgan fingerprint density at radius 3 is 2.52 bits per heavy atom. The second-order valence-electron chi connectivity index (χ2n) is 6.62. The van der Waals surface area contributed by atoms with Gasteiger partial charge in [0.15, 0.2) is 0 Å². The second kappa shape index (κ2) is 9.65. The number of thiocarbonyl (C=S) groups is 1. The molecule has 1 fully saturated rings. The Kier molecular flexibility index (Phi) is 7.22. The number of nitrogens with one attached hydrogen (secondary N) is 1. The Hall–Kier alpha value is -2.02. The lowest BCUT2D eigenvalue weighted by molar-refractivity contribution is -0.121. The van der Waals surface area contributed by atoms with E-state index in [1.165, 1.54) is 17.4 Å². The number of benzene rings is 2. The molecule has 4 nitrogen and oxygen atoms in total. The first-order chi connectivity index (χ1) is 13.9. The van der Waals surface area contributed by atoms with Gasteiger partial charge < -0.3 is 10.2 Å². The van der Waals surface area contributed by atoms with Crippen molar-refractivity contribution in [1.29, 1.82) is 0 Å². The molecule has 1 amide bonds. The van der Waals surface area contributed by atoms with Crippen LogP contribution in [0.15, 0.2) is 47.4 Å². The fourth-order valence-electron chi connectivity index (χ4n) is 3.12. The molecule has 1 aliphatic rings. The SMILES string of the molecule is CCN(CC)c1ccc(/C=C2/SC(=S)N(CNc3cccc(Cl)c3C)C2=O)cc1. The molecule has 1 aliphatic heterocycles. The van der Waals surface area contributed by atoms with E-state index in [9.17, 15) is 4.79 Å². The van der Waals surface area contributed by atoms with Crippen LogP contribution in [0.4, 0.5) is 11.4 Å². The Morgan fingerprint density at radius 2 is 1.86 bits per heavy atom. The number of carbonyl (C=O) groups excluding carboxylic acids is 1. The molecular formula is C22H24ClN3OS2. The summed E-state index contributed by atoms with van der Waals surface area (Å²) in [6, 6.07) is 13.9. The minimum absolute atomic E-state index is 0.0833. The van der Waals surface area contributed by atoms with Crippen molar-refractivity contribution in [3.05, 3.63) is 63.5 Å². The highest BCUT2D eigenvalue weighted by Gasteiger charge is 2.31. The van der Waals surface area contributed by atoms with E-state index in [2.05, 4.69) is 36.2 Å². The molecule has 0 unspecified atom stereocenters. The number of hydrogen-bond acceptors (Lipinski definition) is 5. The zero-order chi connectivity index (χ0) is 21.0. The van der Waals surface area contributed by atoms with Crippen LogP contribution in [0.25, 0.3) is 6.08 Å². The fraction of sp³-hybridized carbons (Fsp3) is 0.273. The van der Waals surface area contributed by atoms with Crippen LogP contribution < -0.4 is 10.2 Å². The minimum Gasteiger partial charge on any atom is -0.372 e. The van der Waals surface area contributed by atoms with Crippen molar-refractivity contribution >= 4 is 63.3 Å². The van der Waals surface area contributed by atoms with Gasteiger partial charge in [-0.05, 0) is 62.2 Å². The van der Waals surface area contributed by atoms with Crippen LogP contribution in [-0.2, 0) is 4.79 Å². The van der Waals surface area contributed by atoms with Crippen LogP contribution in [0.2, 0.25) is 5.02 Å². The van der Waals surface area contributed by atoms with Crippen LogP contribution in [0.3, 0.4) is 0 Å². The summed E-state index contributed by atoms with van der Waals surface area (Å²) >= 11 is 12.9. The smallest absolute Gasteiger partial charge is 0.267 e. The molecule has 2 aromatic rings. The summed E-state index contributed by atoms with van der Waals surface area (Å²) in [5.74, 6) is -0.0833. The molecule has 0 spiro atoms. The summed E-state index contributed by atoms with van der Waals surface area (Å²) in [5.41, 5.74) is 4.01. The molecule has 0 saturated carbocycles. The van der Waals surface area contributed by atoms with Gasteiger partial charge in [0, 0.05) is 29.5 Å². The quantitative estimate of drug-likeness (QED) is 0.432. The molecule has 0 atom stereocenters. The summed E-state index contributed by atoms with van der Waals surface area (Å²) in [7, 11) is 0. The molecule has 7 heteroatoms. The number of hydrogen-bond donors (Lipinski definition) is 1. The highest BCUT2D eigenvalue weighted by Crippen LogP contribution is 2.33. The van der Waals surface area contributed by atoms with Gasteiger partial charge in [0.25, 0.3) is 5.91 Å². The van der Waals surface area contributed by atoms with E-state index in [-0.39, 0.29) is 5.91 Å². The van der Waals surface area contributed by atoms with Crippen LogP contribution in [0.5, 0.6) is 0 Å². The van der Waals surface area contributed by atoms with Gasteiger partial charge in [0.1, 0.15) is 4.32 Å². The van der Waals surface area contributed by atoms with Crippen molar-refractivity contribution < 1.29 is 4.79 Å². The molecule has 0 radical (unpaired) electrons. The topological polar surface area (TPSA) is 35.6 Å². The van der Waals surface area contributed by atoms with E-state index < -0.39 is 0 Å². The maximum Gasteiger partial charge on any atom is 0.267 e. The van der Waals surface area contributed by atoms with Crippen molar-refractivity contribution in [2.75, 3.05) is 30.0 Å². The Bertz CT molecular complexity index is 940. The first-order valence-corrected chi connectivity index (χ1v) is 11.1. The molecule has 1 N–H and O–H groups in total. The number of rotatable bonds is 7. The lowest BCUT2D eigenvalue weighted by Crippen LogP contribution is -2.33. The van der Waals surface area contributed by atoms with Gasteiger partial charge in [-0.15, -0.1) is 0 Å². The van der Waals surface area contributed by atoms with Crippen molar-refractivity contribution in [2.24, 2.45) is 0 Å². The fourth-order valence-corrected chi connectivity index (χ4v) is 4.55. The summed E-state index contributed by atoms with van der Waals surface area (Å²) in [5, 5.41) is 3.95. The number of halogens is 1. The molecule has 152 valence electrons. The molecule has 29 heavy (non-hydrogen) atoms. The average Bonchev–Trinajstić information content (AvgIpc) is 2.98. The third-order valence-electron chi connectivity index (χ3n) is 4.89. The summed E-state index contributed by atoms with van der Waals surface area (Å²) in [6.07, 6.45) is 1.90. The molecule has 1 saturated heterocycles. The third-order valence-corrected chi connectivity index (χ3v) is 6.68. The monoisotopic (exact) mass is 445 g/mol. The molecule has 2 aromatic carbocycles. The first-order valence-electron chi connectivity index (χ1n) is 9.54. The van der Waals surface area contributed by atoms with Gasteiger partial charge in [-0.25, -0.2) is 0 Å². The zero-order valence-corrected chi connectivity index (χ0v) is 19.1. The maximum atomic E-state index is 12.8. The van der Waals surface area contributed by atoms with Gasteiger partial charge in [-0.1, -0.05) is 53.8 Å². The lowest BCUT2D eigenvalue weighted by Gasteiger charge is -2.20. The molecule has 1 heterocycles. The molecule has 0 aliphatic carbocycles. The van der Waals surface area contributed by atoms with Crippen LogP contribution >= 0.6 is 35.6 Å². The number of amides is 1. The first kappa shape index (κ1) is 21.7. The predicted octanol–water partition coefficient (Wildman–Crippen LogP) is 5.77. The van der Waals surface area contributed by atoms with Crippen LogP contribution in [0.1, 0.15) is 25.0 Å². The predicted molar refractivity (Wildman–Crippen MR) is 130 cm³/mol. The van der Waals surface area contributed by atoms with E-state index in [1.54, 1.807) is 4.90 Å². The van der Waals surface area contributed by atoms with Gasteiger partial charge in [-0.3, -0.25) is 9.69 Å². The average molecular weight is 446 g/mol. The summed E-state index contributed by atoms with van der Waals surface area (Å²) in [4.78, 5) is 17.3. The van der Waals surface area contributed by atoms with Crippen LogP contribution in [0, 0.1) is 6.92 Å². The van der Waals surface area contributed by atoms with Crippen molar-refractivity contribution in [2.45, 2.75) is 20.8 Å². The summed E-state index contributed by atoms with van der Waals surface area (Å²) in [6.45, 7) is 8.46. The largest absolute Gasteiger partial charge is 0.372 e. The van der Waals surface area contributed by atoms with Gasteiger partial charge in [0.05, 0.1) is 11.6 Å². The molecular weight excluding hydrogens is 422 g/mol. The zero-order valence-electron chi connectivity index (χ0n) is 16.7. The normalized spacial score (nSPS) is 15.3. The van der Waals surface area contributed by atoms with E-state index in [0.717, 1.165) is 29.9 Å². The summed E-state index contributed by atoms with van der Waals surface area (Å²) < 4.78 is 0.549. The number of carbonyl (C=O) groups is 1. The molecule has 0 bridgehead atoms.